The van der Waals surface area contributed by atoms with E-state index in [0.717, 1.165) is 21.7 Å². The molecular weight excluding hydrogens is 274 g/mol. The number of carbonyl (C=O) groups excluding carboxylic acids is 1. The third-order valence-electron chi connectivity index (χ3n) is 3.31. The van der Waals surface area contributed by atoms with E-state index in [-0.39, 0.29) is 11.5 Å². The van der Waals surface area contributed by atoms with Crippen LogP contribution >= 0.6 is 11.3 Å². The highest BCUT2D eigenvalue weighted by molar-refractivity contribution is 7.18. The Bertz CT molecular complexity index is 688. The molecule has 1 amide bonds. The van der Waals surface area contributed by atoms with Crippen LogP contribution in [0, 0.1) is 13.8 Å². The topological polar surface area (TPSA) is 64.0 Å². The lowest BCUT2D eigenvalue weighted by molar-refractivity contribution is -0.121. The summed E-state index contributed by atoms with van der Waals surface area (Å²) in [6.07, 6.45) is 2.75. The van der Waals surface area contributed by atoms with E-state index in [2.05, 4.69) is 10.3 Å². The number of thiophene rings is 1. The average molecular weight is 293 g/mol. The van der Waals surface area contributed by atoms with Crippen molar-refractivity contribution in [2.24, 2.45) is 0 Å². The van der Waals surface area contributed by atoms with Gasteiger partial charge in [-0.15, -0.1) is 11.3 Å². The molecule has 6 heteroatoms. The third-order valence-corrected chi connectivity index (χ3v) is 4.42. The maximum atomic E-state index is 12.4. The first-order chi connectivity index (χ1) is 9.54. The van der Waals surface area contributed by atoms with Crippen molar-refractivity contribution in [3.8, 4) is 0 Å². The number of nitrogens with zero attached hydrogens (tertiary/aromatic N) is 2. The van der Waals surface area contributed by atoms with E-state index in [1.54, 1.807) is 0 Å². The highest BCUT2D eigenvalue weighted by atomic mass is 32.1. The quantitative estimate of drug-likeness (QED) is 0.917. The molecule has 0 bridgehead atoms. The van der Waals surface area contributed by atoms with Gasteiger partial charge in [0.2, 0.25) is 5.91 Å². The lowest BCUT2D eigenvalue weighted by Crippen LogP contribution is -2.28. The van der Waals surface area contributed by atoms with E-state index in [4.69, 9.17) is 0 Å². The van der Waals surface area contributed by atoms with Gasteiger partial charge in [0.1, 0.15) is 4.83 Å². The summed E-state index contributed by atoms with van der Waals surface area (Å²) < 4.78 is 1.52. The number of rotatable bonds is 5. The monoisotopic (exact) mass is 293 g/mol. The van der Waals surface area contributed by atoms with Gasteiger partial charge in [-0.05, 0) is 25.8 Å². The summed E-state index contributed by atoms with van der Waals surface area (Å²) in [5.41, 5.74) is 0.937. The molecule has 0 saturated carbocycles. The average Bonchev–Trinajstić information content (AvgIpc) is 2.72. The molecular formula is C14H19N3O2S. The van der Waals surface area contributed by atoms with Gasteiger partial charge in [-0.1, -0.05) is 6.92 Å². The molecule has 2 rings (SSSR count). The van der Waals surface area contributed by atoms with Crippen LogP contribution in [0.4, 0.5) is 0 Å². The highest BCUT2D eigenvalue weighted by Gasteiger charge is 2.12. The largest absolute Gasteiger partial charge is 0.356 e. The fourth-order valence-corrected chi connectivity index (χ4v) is 2.99. The Morgan fingerprint density at radius 1 is 1.45 bits per heavy atom. The van der Waals surface area contributed by atoms with Gasteiger partial charge < -0.3 is 5.32 Å². The molecule has 0 saturated heterocycles. The van der Waals surface area contributed by atoms with Gasteiger partial charge in [0.05, 0.1) is 11.7 Å². The first-order valence-corrected chi connectivity index (χ1v) is 7.58. The van der Waals surface area contributed by atoms with Crippen molar-refractivity contribution >= 4 is 27.5 Å². The van der Waals surface area contributed by atoms with Crippen molar-refractivity contribution in [2.75, 3.05) is 6.54 Å². The zero-order chi connectivity index (χ0) is 14.7. The Labute approximate surface area is 121 Å². The molecule has 0 aliphatic heterocycles. The van der Waals surface area contributed by atoms with Crippen molar-refractivity contribution in [3.05, 3.63) is 27.1 Å². The fraction of sp³-hybridized carbons (Fsp3) is 0.500. The molecule has 0 unspecified atom stereocenters. The summed E-state index contributed by atoms with van der Waals surface area (Å²) in [5.74, 6) is -0.0305. The molecule has 0 aliphatic carbocycles. The van der Waals surface area contributed by atoms with Gasteiger partial charge in [-0.2, -0.15) is 0 Å². The minimum absolute atomic E-state index is 0.0305. The van der Waals surface area contributed by atoms with Crippen molar-refractivity contribution in [1.82, 2.24) is 14.9 Å². The van der Waals surface area contributed by atoms with Gasteiger partial charge in [0.15, 0.2) is 0 Å². The highest BCUT2D eigenvalue weighted by Crippen LogP contribution is 2.25. The molecule has 20 heavy (non-hydrogen) atoms. The summed E-state index contributed by atoms with van der Waals surface area (Å²) in [7, 11) is 0. The summed E-state index contributed by atoms with van der Waals surface area (Å²) in [6, 6.07) is 0. The SMILES string of the molecule is CCCNC(=O)CCn1cnc2sc(C)c(C)c2c1=O. The molecule has 0 aliphatic rings. The summed E-state index contributed by atoms with van der Waals surface area (Å²) >= 11 is 1.53. The van der Waals surface area contributed by atoms with E-state index >= 15 is 0 Å². The van der Waals surface area contributed by atoms with Crippen LogP contribution in [0.3, 0.4) is 0 Å². The van der Waals surface area contributed by atoms with E-state index < -0.39 is 0 Å². The summed E-state index contributed by atoms with van der Waals surface area (Å²) in [6.45, 7) is 6.98. The van der Waals surface area contributed by atoms with Crippen molar-refractivity contribution in [2.45, 2.75) is 40.2 Å². The molecule has 0 atom stereocenters. The van der Waals surface area contributed by atoms with Crippen LogP contribution in [-0.4, -0.2) is 22.0 Å². The van der Waals surface area contributed by atoms with Crippen molar-refractivity contribution in [1.29, 1.82) is 0 Å². The predicted octanol–water partition coefficient (Wildman–Crippen LogP) is 1.99. The maximum Gasteiger partial charge on any atom is 0.262 e. The van der Waals surface area contributed by atoms with Crippen LogP contribution in [-0.2, 0) is 11.3 Å². The molecule has 1 N–H and O–H groups in total. The van der Waals surface area contributed by atoms with Crippen LogP contribution in [0.25, 0.3) is 10.2 Å². The fourth-order valence-electron chi connectivity index (χ4n) is 2.00. The number of aryl methyl sites for hydroxylation is 3. The van der Waals surface area contributed by atoms with Crippen LogP contribution < -0.4 is 10.9 Å². The Kier molecular flexibility index (Phi) is 4.54. The molecule has 0 fully saturated rings. The van der Waals surface area contributed by atoms with E-state index in [0.29, 0.717) is 24.9 Å². The lowest BCUT2D eigenvalue weighted by atomic mass is 10.2. The molecule has 2 heterocycles. The summed E-state index contributed by atoms with van der Waals surface area (Å²) in [4.78, 5) is 30.2. The minimum Gasteiger partial charge on any atom is -0.356 e. The molecule has 0 aromatic carbocycles. The molecule has 5 nitrogen and oxygen atoms in total. The number of hydrogen-bond donors (Lipinski definition) is 1. The normalized spacial score (nSPS) is 10.9. The van der Waals surface area contributed by atoms with E-state index in [9.17, 15) is 9.59 Å². The number of hydrogen-bond acceptors (Lipinski definition) is 4. The predicted molar refractivity (Wildman–Crippen MR) is 81.3 cm³/mol. The van der Waals surface area contributed by atoms with Crippen LogP contribution in [0.1, 0.15) is 30.2 Å². The second kappa shape index (κ2) is 6.17. The number of nitrogens with one attached hydrogen (secondary N) is 1. The maximum absolute atomic E-state index is 12.4. The Balaban J connectivity index is 2.19. The van der Waals surface area contributed by atoms with Crippen LogP contribution in [0.5, 0.6) is 0 Å². The van der Waals surface area contributed by atoms with Crippen molar-refractivity contribution in [3.63, 3.8) is 0 Å². The standard InChI is InChI=1S/C14H19N3O2S/c1-4-6-15-11(18)5-7-17-8-16-13-12(14(17)19)9(2)10(3)20-13/h8H,4-7H2,1-3H3,(H,15,18). The summed E-state index contributed by atoms with van der Waals surface area (Å²) in [5, 5.41) is 3.49. The Hall–Kier alpha value is -1.69. The van der Waals surface area contributed by atoms with E-state index in [1.807, 2.05) is 20.8 Å². The molecule has 108 valence electrons. The third kappa shape index (κ3) is 2.90. The van der Waals surface area contributed by atoms with Gasteiger partial charge in [0, 0.05) is 24.4 Å². The second-order valence-corrected chi connectivity index (χ2v) is 6.01. The number of fused-ring (bicyclic) bond motifs is 1. The Morgan fingerprint density at radius 2 is 2.20 bits per heavy atom. The zero-order valence-corrected chi connectivity index (χ0v) is 12.8. The molecule has 2 aromatic heterocycles. The van der Waals surface area contributed by atoms with Crippen molar-refractivity contribution < 1.29 is 4.79 Å². The van der Waals surface area contributed by atoms with Crippen LogP contribution in [0.15, 0.2) is 11.1 Å². The number of carbonyl (C=O) groups is 1. The molecule has 2 aromatic rings. The van der Waals surface area contributed by atoms with Gasteiger partial charge in [-0.3, -0.25) is 14.2 Å². The lowest BCUT2D eigenvalue weighted by Gasteiger charge is -2.06. The van der Waals surface area contributed by atoms with Gasteiger partial charge in [0.25, 0.3) is 5.56 Å². The van der Waals surface area contributed by atoms with Crippen LogP contribution in [0.2, 0.25) is 0 Å². The van der Waals surface area contributed by atoms with Gasteiger partial charge in [-0.25, -0.2) is 4.98 Å². The molecule has 0 spiro atoms. The van der Waals surface area contributed by atoms with Gasteiger partial charge >= 0.3 is 0 Å². The number of amides is 1. The number of aromatic nitrogens is 2. The minimum atomic E-state index is -0.0554. The Morgan fingerprint density at radius 3 is 2.90 bits per heavy atom. The first kappa shape index (κ1) is 14.7. The van der Waals surface area contributed by atoms with E-state index in [1.165, 1.54) is 22.2 Å². The first-order valence-electron chi connectivity index (χ1n) is 6.76. The molecule has 0 radical (unpaired) electrons. The smallest absolute Gasteiger partial charge is 0.262 e. The second-order valence-electron chi connectivity index (χ2n) is 4.81. The zero-order valence-electron chi connectivity index (χ0n) is 12.0.